The molecule has 2 rings (SSSR count). The van der Waals surface area contributed by atoms with Gasteiger partial charge >= 0.3 is 6.03 Å². The van der Waals surface area contributed by atoms with Crippen molar-refractivity contribution in [2.75, 3.05) is 25.1 Å². The lowest BCUT2D eigenvalue weighted by Crippen LogP contribution is -2.40. The first-order valence-electron chi connectivity index (χ1n) is 5.95. The van der Waals surface area contributed by atoms with Crippen LogP contribution in [0.4, 0.5) is 10.5 Å². The number of carbonyl (C=O) groups excluding carboxylic acids is 1. The van der Waals surface area contributed by atoms with Crippen molar-refractivity contribution in [3.8, 4) is 0 Å². The van der Waals surface area contributed by atoms with Gasteiger partial charge in [-0.2, -0.15) is 0 Å². The molecule has 0 aromatic heterocycles. The van der Waals surface area contributed by atoms with E-state index < -0.39 is 0 Å². The minimum atomic E-state index is -0.0910. The van der Waals surface area contributed by atoms with Crippen LogP contribution in [0.2, 0.25) is 0 Å². The number of benzene rings is 1. The molecular weight excluding hydrogens is 216 g/mol. The van der Waals surface area contributed by atoms with E-state index in [1.54, 1.807) is 11.9 Å². The molecular formula is C13H18N2O2. The van der Waals surface area contributed by atoms with Crippen molar-refractivity contribution in [1.82, 2.24) is 5.32 Å². The lowest BCUT2D eigenvalue weighted by atomic mass is 10.2. The summed E-state index contributed by atoms with van der Waals surface area (Å²) < 4.78 is 5.46. The van der Waals surface area contributed by atoms with Crippen LogP contribution in [0.3, 0.4) is 0 Å². The van der Waals surface area contributed by atoms with Crippen molar-refractivity contribution in [1.29, 1.82) is 0 Å². The van der Waals surface area contributed by atoms with Crippen LogP contribution >= 0.6 is 0 Å². The zero-order valence-electron chi connectivity index (χ0n) is 10.1. The number of hydrogen-bond acceptors (Lipinski definition) is 2. The Labute approximate surface area is 102 Å². The third-order valence-corrected chi connectivity index (χ3v) is 2.95. The van der Waals surface area contributed by atoms with Gasteiger partial charge in [0.2, 0.25) is 0 Å². The maximum absolute atomic E-state index is 11.9. The minimum Gasteiger partial charge on any atom is -0.376 e. The van der Waals surface area contributed by atoms with Crippen LogP contribution in [0.25, 0.3) is 0 Å². The van der Waals surface area contributed by atoms with E-state index in [2.05, 4.69) is 5.32 Å². The predicted molar refractivity (Wildman–Crippen MR) is 67.2 cm³/mol. The maximum atomic E-state index is 11.9. The van der Waals surface area contributed by atoms with Crippen LogP contribution in [-0.4, -0.2) is 32.3 Å². The molecule has 4 nitrogen and oxygen atoms in total. The minimum absolute atomic E-state index is 0.0910. The van der Waals surface area contributed by atoms with Gasteiger partial charge < -0.3 is 10.1 Å². The molecule has 92 valence electrons. The number of rotatable bonds is 3. The summed E-state index contributed by atoms with van der Waals surface area (Å²) in [5, 5.41) is 2.88. The van der Waals surface area contributed by atoms with Crippen LogP contribution in [0.5, 0.6) is 0 Å². The summed E-state index contributed by atoms with van der Waals surface area (Å²) in [6.07, 6.45) is 2.31. The lowest BCUT2D eigenvalue weighted by Gasteiger charge is -2.19. The Balaban J connectivity index is 1.83. The first-order chi connectivity index (χ1) is 8.27. The molecule has 17 heavy (non-hydrogen) atoms. The van der Waals surface area contributed by atoms with E-state index in [0.29, 0.717) is 6.54 Å². The Morgan fingerprint density at radius 1 is 1.47 bits per heavy atom. The summed E-state index contributed by atoms with van der Waals surface area (Å²) in [4.78, 5) is 13.5. The number of anilines is 1. The van der Waals surface area contributed by atoms with Gasteiger partial charge in [-0.05, 0) is 25.0 Å². The molecule has 1 aliphatic rings. The smallest absolute Gasteiger partial charge is 0.321 e. The van der Waals surface area contributed by atoms with Gasteiger partial charge in [0, 0.05) is 25.9 Å². The summed E-state index contributed by atoms with van der Waals surface area (Å²) in [7, 11) is 1.76. The second-order valence-electron chi connectivity index (χ2n) is 4.22. The predicted octanol–water partition coefficient (Wildman–Crippen LogP) is 2.01. The largest absolute Gasteiger partial charge is 0.376 e. The van der Waals surface area contributed by atoms with E-state index in [-0.39, 0.29) is 12.1 Å². The number of carbonyl (C=O) groups is 1. The molecule has 4 heteroatoms. The van der Waals surface area contributed by atoms with Gasteiger partial charge in [0.05, 0.1) is 6.10 Å². The third kappa shape index (κ3) is 3.20. The van der Waals surface area contributed by atoms with Gasteiger partial charge in [-0.3, -0.25) is 4.90 Å². The van der Waals surface area contributed by atoms with Crippen LogP contribution in [0.1, 0.15) is 12.8 Å². The Morgan fingerprint density at radius 2 is 2.24 bits per heavy atom. The highest BCUT2D eigenvalue weighted by molar-refractivity contribution is 5.91. The fourth-order valence-electron chi connectivity index (χ4n) is 1.89. The van der Waals surface area contributed by atoms with Gasteiger partial charge in [0.1, 0.15) is 0 Å². The van der Waals surface area contributed by atoms with Gasteiger partial charge in [0.25, 0.3) is 0 Å². The summed E-state index contributed by atoms with van der Waals surface area (Å²) in [6.45, 7) is 1.41. The first kappa shape index (κ1) is 11.9. The topological polar surface area (TPSA) is 41.6 Å². The summed E-state index contributed by atoms with van der Waals surface area (Å²) >= 11 is 0. The normalized spacial score (nSPS) is 19.0. The van der Waals surface area contributed by atoms with Crippen LogP contribution < -0.4 is 10.2 Å². The molecule has 1 atom stereocenters. The van der Waals surface area contributed by atoms with E-state index in [1.165, 1.54) is 0 Å². The molecule has 1 N–H and O–H groups in total. The molecule has 0 unspecified atom stereocenters. The number of nitrogens with zero attached hydrogens (tertiary/aromatic N) is 1. The zero-order valence-corrected chi connectivity index (χ0v) is 10.1. The molecule has 0 spiro atoms. The van der Waals surface area contributed by atoms with Gasteiger partial charge in [-0.1, -0.05) is 18.2 Å². The molecule has 0 aliphatic carbocycles. The van der Waals surface area contributed by atoms with Crippen molar-refractivity contribution >= 4 is 11.7 Å². The molecule has 1 aromatic rings. The van der Waals surface area contributed by atoms with Crippen LogP contribution in [-0.2, 0) is 4.74 Å². The molecule has 0 radical (unpaired) electrons. The molecule has 0 saturated carbocycles. The Kier molecular flexibility index (Phi) is 3.98. The van der Waals surface area contributed by atoms with Gasteiger partial charge in [-0.25, -0.2) is 4.79 Å². The molecule has 0 bridgehead atoms. The lowest BCUT2D eigenvalue weighted by molar-refractivity contribution is 0.111. The van der Waals surface area contributed by atoms with E-state index in [9.17, 15) is 4.79 Å². The van der Waals surface area contributed by atoms with Crippen molar-refractivity contribution in [3.63, 3.8) is 0 Å². The summed E-state index contributed by atoms with van der Waals surface area (Å²) in [6, 6.07) is 9.49. The number of para-hydroxylation sites is 1. The summed E-state index contributed by atoms with van der Waals surface area (Å²) in [5.74, 6) is 0. The number of ether oxygens (including phenoxy) is 1. The Hall–Kier alpha value is -1.55. The average molecular weight is 234 g/mol. The molecule has 1 aromatic carbocycles. The SMILES string of the molecule is CN(C(=O)NC[C@@H]1CCCO1)c1ccccc1. The van der Waals surface area contributed by atoms with Crippen molar-refractivity contribution in [2.24, 2.45) is 0 Å². The highest BCUT2D eigenvalue weighted by atomic mass is 16.5. The van der Waals surface area contributed by atoms with E-state index in [0.717, 1.165) is 25.1 Å². The maximum Gasteiger partial charge on any atom is 0.321 e. The number of urea groups is 1. The molecule has 2 amide bonds. The van der Waals surface area contributed by atoms with Crippen LogP contribution in [0, 0.1) is 0 Å². The quantitative estimate of drug-likeness (QED) is 0.869. The first-order valence-corrected chi connectivity index (χ1v) is 5.95. The van der Waals surface area contributed by atoms with E-state index >= 15 is 0 Å². The fourth-order valence-corrected chi connectivity index (χ4v) is 1.89. The van der Waals surface area contributed by atoms with E-state index in [1.807, 2.05) is 30.3 Å². The molecule has 1 heterocycles. The van der Waals surface area contributed by atoms with Crippen LogP contribution in [0.15, 0.2) is 30.3 Å². The number of nitrogens with one attached hydrogen (secondary N) is 1. The number of amides is 2. The monoisotopic (exact) mass is 234 g/mol. The molecule has 1 aliphatic heterocycles. The van der Waals surface area contributed by atoms with Crippen molar-refractivity contribution in [3.05, 3.63) is 30.3 Å². The Bertz CT molecular complexity index is 361. The highest BCUT2D eigenvalue weighted by Crippen LogP contribution is 2.12. The average Bonchev–Trinajstić information content (AvgIpc) is 2.89. The molecule has 1 fully saturated rings. The second-order valence-corrected chi connectivity index (χ2v) is 4.22. The second kappa shape index (κ2) is 5.68. The Morgan fingerprint density at radius 3 is 2.88 bits per heavy atom. The van der Waals surface area contributed by atoms with E-state index in [4.69, 9.17) is 4.74 Å². The van der Waals surface area contributed by atoms with Crippen molar-refractivity contribution in [2.45, 2.75) is 18.9 Å². The standard InChI is InChI=1S/C13H18N2O2/c1-15(11-6-3-2-4-7-11)13(16)14-10-12-8-5-9-17-12/h2-4,6-7,12H,5,8-10H2,1H3,(H,14,16)/t12-/m0/s1. The fraction of sp³-hybridized carbons (Fsp3) is 0.462. The third-order valence-electron chi connectivity index (χ3n) is 2.95. The van der Waals surface area contributed by atoms with Crippen molar-refractivity contribution < 1.29 is 9.53 Å². The van der Waals surface area contributed by atoms with Gasteiger partial charge in [-0.15, -0.1) is 0 Å². The zero-order chi connectivity index (χ0) is 12.1. The number of hydrogen-bond donors (Lipinski definition) is 1. The highest BCUT2D eigenvalue weighted by Gasteiger charge is 2.17. The molecule has 1 saturated heterocycles. The van der Waals surface area contributed by atoms with Gasteiger partial charge in [0.15, 0.2) is 0 Å². The summed E-state index contributed by atoms with van der Waals surface area (Å²) in [5.41, 5.74) is 0.886.